The van der Waals surface area contributed by atoms with Gasteiger partial charge in [-0.15, -0.1) is 0 Å². The van der Waals surface area contributed by atoms with Gasteiger partial charge >= 0.3 is 0 Å². The van der Waals surface area contributed by atoms with Crippen molar-refractivity contribution in [1.82, 2.24) is 0 Å². The van der Waals surface area contributed by atoms with E-state index in [-0.39, 0.29) is 0 Å². The Balaban J connectivity index is 4.25. The Labute approximate surface area is 64.0 Å². The van der Waals surface area contributed by atoms with Crippen LogP contribution in [0.5, 0.6) is 0 Å². The van der Waals surface area contributed by atoms with Crippen molar-refractivity contribution < 1.29 is 0 Å². The number of hydrogen-bond acceptors (Lipinski definition) is 0. The molecule has 0 fully saturated rings. The third-order valence-electron chi connectivity index (χ3n) is 1.34. The first-order valence-corrected chi connectivity index (χ1v) is 3.67. The quantitative estimate of drug-likeness (QED) is 0.522. The molecule has 56 valence electrons. The highest BCUT2D eigenvalue weighted by Crippen LogP contribution is 2.10. The summed E-state index contributed by atoms with van der Waals surface area (Å²) >= 11 is 0. The molecule has 0 aliphatic rings. The lowest BCUT2D eigenvalue weighted by Gasteiger charge is -2.03. The van der Waals surface area contributed by atoms with Crippen molar-refractivity contribution in [1.29, 1.82) is 0 Å². The van der Waals surface area contributed by atoms with Crippen molar-refractivity contribution >= 4 is 0 Å². The van der Waals surface area contributed by atoms with Gasteiger partial charge in [-0.25, -0.2) is 0 Å². The first kappa shape index (κ1) is 9.22. The van der Waals surface area contributed by atoms with Crippen molar-refractivity contribution in [2.24, 2.45) is 5.92 Å². The van der Waals surface area contributed by atoms with Crippen LogP contribution in [0.3, 0.4) is 0 Å². The van der Waals surface area contributed by atoms with Crippen LogP contribution in [0.15, 0.2) is 36.5 Å². The summed E-state index contributed by atoms with van der Waals surface area (Å²) in [7, 11) is 0. The van der Waals surface area contributed by atoms with Gasteiger partial charge in [-0.2, -0.15) is 0 Å². The second-order valence-electron chi connectivity index (χ2n) is 2.56. The largest absolute Gasteiger partial charge is 0.0991 e. The monoisotopic (exact) mass is 136 g/mol. The predicted molar refractivity (Wildman–Crippen MR) is 47.9 cm³/mol. The molecule has 0 saturated heterocycles. The van der Waals surface area contributed by atoms with Crippen LogP contribution in [-0.2, 0) is 0 Å². The van der Waals surface area contributed by atoms with Gasteiger partial charge in [0.15, 0.2) is 0 Å². The maximum atomic E-state index is 3.65. The van der Waals surface area contributed by atoms with Gasteiger partial charge in [-0.1, -0.05) is 44.7 Å². The fourth-order valence-corrected chi connectivity index (χ4v) is 0.769. The molecule has 0 heteroatoms. The zero-order valence-corrected chi connectivity index (χ0v) is 7.09. The molecule has 0 radical (unpaired) electrons. The van der Waals surface area contributed by atoms with Gasteiger partial charge in [-0.05, 0) is 18.4 Å². The van der Waals surface area contributed by atoms with E-state index in [2.05, 4.69) is 32.6 Å². The third-order valence-corrected chi connectivity index (χ3v) is 1.34. The molecule has 0 N–H and O–H groups in total. The fraction of sp³-hybridized carbons (Fsp3) is 0.400. The Hall–Kier alpha value is -0.780. The molecular formula is C10H16. The van der Waals surface area contributed by atoms with Crippen LogP contribution < -0.4 is 0 Å². The van der Waals surface area contributed by atoms with E-state index in [4.69, 9.17) is 0 Å². The second-order valence-corrected chi connectivity index (χ2v) is 2.56. The van der Waals surface area contributed by atoms with Crippen LogP contribution in [0.2, 0.25) is 0 Å². The minimum atomic E-state index is 0.592. The van der Waals surface area contributed by atoms with Crippen molar-refractivity contribution in [2.45, 2.75) is 20.8 Å². The molecule has 0 aromatic rings. The summed E-state index contributed by atoms with van der Waals surface area (Å²) in [5.74, 6) is 0.592. The van der Waals surface area contributed by atoms with Gasteiger partial charge in [0.1, 0.15) is 0 Å². The molecule has 0 spiro atoms. The summed E-state index contributed by atoms with van der Waals surface area (Å²) in [5, 5.41) is 0. The third kappa shape index (κ3) is 3.29. The zero-order valence-electron chi connectivity index (χ0n) is 7.09. The highest BCUT2D eigenvalue weighted by Gasteiger charge is 1.94. The van der Waals surface area contributed by atoms with Gasteiger partial charge in [0, 0.05) is 0 Å². The van der Waals surface area contributed by atoms with Gasteiger partial charge in [0.25, 0.3) is 0 Å². The minimum absolute atomic E-state index is 0.592. The molecule has 0 bridgehead atoms. The standard InChI is InChI=1S/C10H16/c1-5-7-10(8-6-2)9(3)4/h5-9H,1H2,2-4H3. The molecule has 0 aromatic carbocycles. The summed E-state index contributed by atoms with van der Waals surface area (Å²) in [6, 6.07) is 0. The van der Waals surface area contributed by atoms with E-state index in [0.717, 1.165) is 0 Å². The maximum absolute atomic E-state index is 3.65. The van der Waals surface area contributed by atoms with E-state index in [1.54, 1.807) is 0 Å². The molecule has 0 unspecified atom stereocenters. The number of hydrogen-bond donors (Lipinski definition) is 0. The molecule has 0 rings (SSSR count). The van der Waals surface area contributed by atoms with E-state index in [1.807, 2.05) is 19.1 Å². The van der Waals surface area contributed by atoms with Crippen molar-refractivity contribution in [3.8, 4) is 0 Å². The molecule has 0 saturated carbocycles. The van der Waals surface area contributed by atoms with E-state index in [9.17, 15) is 0 Å². The Morgan fingerprint density at radius 2 is 2.00 bits per heavy atom. The molecule has 0 nitrogen and oxygen atoms in total. The van der Waals surface area contributed by atoms with Crippen LogP contribution in [-0.4, -0.2) is 0 Å². The summed E-state index contributed by atoms with van der Waals surface area (Å²) in [6.45, 7) is 10.0. The van der Waals surface area contributed by atoms with E-state index < -0.39 is 0 Å². The van der Waals surface area contributed by atoms with Crippen molar-refractivity contribution in [3.63, 3.8) is 0 Å². The number of rotatable bonds is 3. The average Bonchev–Trinajstić information content (AvgIpc) is 1.87. The smallest absolute Gasteiger partial charge is 0.0219 e. The fourth-order valence-electron chi connectivity index (χ4n) is 0.769. The molecule has 0 aliphatic carbocycles. The van der Waals surface area contributed by atoms with E-state index >= 15 is 0 Å². The molecule has 0 atom stereocenters. The van der Waals surface area contributed by atoms with Crippen molar-refractivity contribution in [3.05, 3.63) is 36.5 Å². The van der Waals surface area contributed by atoms with Gasteiger partial charge < -0.3 is 0 Å². The van der Waals surface area contributed by atoms with Crippen LogP contribution in [0, 0.1) is 5.92 Å². The number of allylic oxidation sites excluding steroid dienone is 5. The maximum Gasteiger partial charge on any atom is -0.0219 e. The Kier molecular flexibility index (Phi) is 4.65. The first-order chi connectivity index (χ1) is 4.72. The van der Waals surface area contributed by atoms with Crippen molar-refractivity contribution in [2.75, 3.05) is 0 Å². The summed E-state index contributed by atoms with van der Waals surface area (Å²) < 4.78 is 0. The van der Waals surface area contributed by atoms with E-state index in [0.29, 0.717) is 5.92 Å². The van der Waals surface area contributed by atoms with Gasteiger partial charge in [-0.3, -0.25) is 0 Å². The SMILES string of the molecule is C=CC=C(C=CC)C(C)C. The highest BCUT2D eigenvalue weighted by molar-refractivity contribution is 5.24. The molecule has 0 aliphatic heterocycles. The Morgan fingerprint density at radius 1 is 1.40 bits per heavy atom. The topological polar surface area (TPSA) is 0 Å². The van der Waals surface area contributed by atoms with Gasteiger partial charge in [0.05, 0.1) is 0 Å². The normalized spacial score (nSPS) is 13.0. The van der Waals surface area contributed by atoms with Gasteiger partial charge in [0.2, 0.25) is 0 Å². The highest BCUT2D eigenvalue weighted by atomic mass is 14.0. The van der Waals surface area contributed by atoms with E-state index in [1.165, 1.54) is 5.57 Å². The predicted octanol–water partition coefficient (Wildman–Crippen LogP) is 3.33. The van der Waals surface area contributed by atoms with Crippen LogP contribution in [0.1, 0.15) is 20.8 Å². The summed E-state index contributed by atoms with van der Waals surface area (Å²) in [5.41, 5.74) is 1.33. The minimum Gasteiger partial charge on any atom is -0.0991 e. The second kappa shape index (κ2) is 5.04. The Morgan fingerprint density at radius 3 is 2.30 bits per heavy atom. The molecular weight excluding hydrogens is 120 g/mol. The molecule has 0 aromatic heterocycles. The van der Waals surface area contributed by atoms with Crippen LogP contribution in [0.25, 0.3) is 0 Å². The van der Waals surface area contributed by atoms with Crippen LogP contribution in [0.4, 0.5) is 0 Å². The molecule has 0 heterocycles. The lowest BCUT2D eigenvalue weighted by atomic mass is 10.0. The first-order valence-electron chi connectivity index (χ1n) is 3.67. The average molecular weight is 136 g/mol. The summed E-state index contributed by atoms with van der Waals surface area (Å²) in [6.07, 6.45) is 8.04. The van der Waals surface area contributed by atoms with Crippen LogP contribution >= 0.6 is 0 Å². The lowest BCUT2D eigenvalue weighted by molar-refractivity contribution is 0.791. The zero-order chi connectivity index (χ0) is 7.98. The molecule has 0 amide bonds. The summed E-state index contributed by atoms with van der Waals surface area (Å²) in [4.78, 5) is 0. The Bertz CT molecular complexity index is 147. The lowest BCUT2D eigenvalue weighted by Crippen LogP contribution is -1.88. The molecule has 10 heavy (non-hydrogen) atoms.